The van der Waals surface area contributed by atoms with Crippen molar-refractivity contribution in [2.24, 2.45) is 5.92 Å². The van der Waals surface area contributed by atoms with Gasteiger partial charge in [-0.2, -0.15) is 0 Å². The fraction of sp³-hybridized carbons (Fsp3) is 0.379. The van der Waals surface area contributed by atoms with Crippen LogP contribution in [0.1, 0.15) is 64.4 Å². The average Bonchev–Trinajstić information content (AvgIpc) is 3.63. The number of hydrogen-bond acceptors (Lipinski definition) is 4. The Bertz CT molecular complexity index is 1230. The van der Waals surface area contributed by atoms with Gasteiger partial charge in [0.25, 0.3) is 5.91 Å². The van der Waals surface area contributed by atoms with Crippen LogP contribution in [-0.2, 0) is 17.8 Å². The summed E-state index contributed by atoms with van der Waals surface area (Å²) < 4.78 is 11.8. The third-order valence-electron chi connectivity index (χ3n) is 7.02. The standard InChI is InChI=1S/C29H32N2O4/c1-4-30(3)29(33)26-14-13-24(35-26)18-34-23-12-11-20-15-16-31(28(32)22-9-10-22)27(25(20)17-23)21-7-5-19(2)6-8-21/h5-8,11-14,17,22,27H,4,9-10,15-16,18H2,1-3H3. The number of carbonyl (C=O) groups is 2. The molecule has 0 radical (unpaired) electrons. The molecule has 3 aromatic rings. The number of furan rings is 1. The Kier molecular flexibility index (Phi) is 6.37. The Morgan fingerprint density at radius 2 is 1.86 bits per heavy atom. The number of ether oxygens (including phenoxy) is 1. The fourth-order valence-corrected chi connectivity index (χ4v) is 4.65. The van der Waals surface area contributed by atoms with E-state index in [0.29, 0.717) is 18.1 Å². The summed E-state index contributed by atoms with van der Waals surface area (Å²) in [6.45, 7) is 5.57. The molecule has 1 fully saturated rings. The Labute approximate surface area is 206 Å². The monoisotopic (exact) mass is 472 g/mol. The second-order valence-corrected chi connectivity index (χ2v) is 9.60. The summed E-state index contributed by atoms with van der Waals surface area (Å²) in [5.74, 6) is 1.91. The second-order valence-electron chi connectivity index (χ2n) is 9.60. The van der Waals surface area contributed by atoms with E-state index in [1.165, 1.54) is 11.1 Å². The van der Waals surface area contributed by atoms with Gasteiger partial charge in [0.15, 0.2) is 5.76 Å². The van der Waals surface area contributed by atoms with Gasteiger partial charge in [0.2, 0.25) is 5.91 Å². The van der Waals surface area contributed by atoms with E-state index in [2.05, 4.69) is 48.2 Å². The molecule has 0 N–H and O–H groups in total. The number of nitrogens with zero attached hydrogens (tertiary/aromatic N) is 2. The second kappa shape index (κ2) is 9.61. The zero-order valence-electron chi connectivity index (χ0n) is 20.6. The van der Waals surface area contributed by atoms with E-state index < -0.39 is 0 Å². The van der Waals surface area contributed by atoms with Gasteiger partial charge in [-0.3, -0.25) is 9.59 Å². The van der Waals surface area contributed by atoms with E-state index >= 15 is 0 Å². The Balaban J connectivity index is 1.39. The summed E-state index contributed by atoms with van der Waals surface area (Å²) in [6.07, 6.45) is 2.83. The van der Waals surface area contributed by atoms with Crippen molar-refractivity contribution in [1.82, 2.24) is 9.80 Å². The molecule has 6 nitrogen and oxygen atoms in total. The predicted molar refractivity (Wildman–Crippen MR) is 133 cm³/mol. The molecule has 1 aromatic heterocycles. The highest BCUT2D eigenvalue weighted by atomic mass is 16.5. The smallest absolute Gasteiger partial charge is 0.289 e. The van der Waals surface area contributed by atoms with E-state index in [-0.39, 0.29) is 30.4 Å². The van der Waals surface area contributed by atoms with Gasteiger partial charge < -0.3 is 19.0 Å². The quantitative estimate of drug-likeness (QED) is 0.478. The van der Waals surface area contributed by atoms with Crippen LogP contribution < -0.4 is 4.74 Å². The topological polar surface area (TPSA) is 63.0 Å². The van der Waals surface area contributed by atoms with Crippen LogP contribution in [0, 0.1) is 12.8 Å². The van der Waals surface area contributed by atoms with Crippen LogP contribution >= 0.6 is 0 Å². The van der Waals surface area contributed by atoms with Gasteiger partial charge >= 0.3 is 0 Å². The largest absolute Gasteiger partial charge is 0.486 e. The number of rotatable bonds is 7. The minimum atomic E-state index is -0.145. The van der Waals surface area contributed by atoms with Gasteiger partial charge in [-0.15, -0.1) is 0 Å². The lowest BCUT2D eigenvalue weighted by Gasteiger charge is -2.38. The Morgan fingerprint density at radius 1 is 1.09 bits per heavy atom. The molecule has 1 aliphatic heterocycles. The maximum absolute atomic E-state index is 13.2. The van der Waals surface area contributed by atoms with Gasteiger partial charge in [-0.05, 0) is 74.1 Å². The van der Waals surface area contributed by atoms with E-state index in [9.17, 15) is 9.59 Å². The lowest BCUT2D eigenvalue weighted by atomic mass is 9.87. The molecule has 1 aliphatic carbocycles. The maximum atomic E-state index is 13.2. The lowest BCUT2D eigenvalue weighted by Crippen LogP contribution is -2.41. The molecule has 0 spiro atoms. The van der Waals surface area contributed by atoms with Crippen molar-refractivity contribution in [1.29, 1.82) is 0 Å². The summed E-state index contributed by atoms with van der Waals surface area (Å²) in [7, 11) is 1.75. The van der Waals surface area contributed by atoms with Crippen LogP contribution in [0.4, 0.5) is 0 Å². The van der Waals surface area contributed by atoms with Crippen LogP contribution in [0.5, 0.6) is 5.75 Å². The highest BCUT2D eigenvalue weighted by molar-refractivity contribution is 5.91. The molecule has 0 saturated heterocycles. The number of benzene rings is 2. The molecule has 0 bridgehead atoms. The first-order valence-electron chi connectivity index (χ1n) is 12.4. The lowest BCUT2D eigenvalue weighted by molar-refractivity contribution is -0.134. The van der Waals surface area contributed by atoms with Crippen LogP contribution in [0.3, 0.4) is 0 Å². The zero-order valence-corrected chi connectivity index (χ0v) is 20.6. The first-order valence-corrected chi connectivity index (χ1v) is 12.4. The summed E-state index contributed by atoms with van der Waals surface area (Å²) in [4.78, 5) is 29.2. The van der Waals surface area contributed by atoms with Crippen molar-refractivity contribution in [2.45, 2.75) is 45.8 Å². The third-order valence-corrected chi connectivity index (χ3v) is 7.02. The van der Waals surface area contributed by atoms with E-state index in [4.69, 9.17) is 9.15 Å². The van der Waals surface area contributed by atoms with Crippen molar-refractivity contribution < 1.29 is 18.7 Å². The third kappa shape index (κ3) is 4.83. The molecule has 6 heteroatoms. The Morgan fingerprint density at radius 3 is 2.57 bits per heavy atom. The van der Waals surface area contributed by atoms with Crippen molar-refractivity contribution >= 4 is 11.8 Å². The summed E-state index contributed by atoms with van der Waals surface area (Å²) in [5.41, 5.74) is 4.68. The summed E-state index contributed by atoms with van der Waals surface area (Å²) in [5, 5.41) is 0. The summed E-state index contributed by atoms with van der Waals surface area (Å²) >= 11 is 0. The number of carbonyl (C=O) groups excluding carboxylic acids is 2. The molecule has 2 amide bonds. The minimum Gasteiger partial charge on any atom is -0.486 e. The van der Waals surface area contributed by atoms with E-state index in [1.54, 1.807) is 24.1 Å². The van der Waals surface area contributed by atoms with Gasteiger partial charge in [0.05, 0.1) is 6.04 Å². The van der Waals surface area contributed by atoms with Gasteiger partial charge in [0.1, 0.15) is 18.1 Å². The Hall–Kier alpha value is -3.54. The molecule has 1 unspecified atom stereocenters. The molecule has 2 heterocycles. The van der Waals surface area contributed by atoms with Gasteiger partial charge in [-0.25, -0.2) is 0 Å². The van der Waals surface area contributed by atoms with E-state index in [1.807, 2.05) is 13.0 Å². The molecule has 5 rings (SSSR count). The van der Waals surface area contributed by atoms with Crippen molar-refractivity contribution in [2.75, 3.05) is 20.1 Å². The van der Waals surface area contributed by atoms with Crippen LogP contribution in [0.2, 0.25) is 0 Å². The molecule has 2 aliphatic rings. The van der Waals surface area contributed by atoms with Crippen molar-refractivity contribution in [3.8, 4) is 5.75 Å². The zero-order chi connectivity index (χ0) is 24.5. The number of fused-ring (bicyclic) bond motifs is 1. The van der Waals surface area contributed by atoms with Crippen LogP contribution in [-0.4, -0.2) is 41.8 Å². The molecule has 182 valence electrons. The van der Waals surface area contributed by atoms with E-state index in [0.717, 1.165) is 42.7 Å². The van der Waals surface area contributed by atoms with Gasteiger partial charge in [-0.1, -0.05) is 35.9 Å². The normalized spacial score (nSPS) is 17.1. The van der Waals surface area contributed by atoms with Gasteiger partial charge in [0, 0.05) is 26.1 Å². The molecule has 35 heavy (non-hydrogen) atoms. The number of aryl methyl sites for hydroxylation is 1. The molecule has 2 aromatic carbocycles. The van der Waals surface area contributed by atoms with Crippen molar-refractivity contribution in [3.63, 3.8) is 0 Å². The number of hydrogen-bond donors (Lipinski definition) is 0. The number of amides is 2. The first kappa shape index (κ1) is 23.2. The maximum Gasteiger partial charge on any atom is 0.289 e. The molecular weight excluding hydrogens is 440 g/mol. The highest BCUT2D eigenvalue weighted by Gasteiger charge is 2.39. The average molecular weight is 473 g/mol. The highest BCUT2D eigenvalue weighted by Crippen LogP contribution is 2.41. The SMILES string of the molecule is CCN(C)C(=O)c1ccc(COc2ccc3c(c2)C(c2ccc(C)cc2)N(C(=O)C2CC2)CC3)o1. The van der Waals surface area contributed by atoms with Crippen molar-refractivity contribution in [3.05, 3.63) is 88.4 Å². The van der Waals surface area contributed by atoms with Crippen LogP contribution in [0.15, 0.2) is 59.0 Å². The summed E-state index contributed by atoms with van der Waals surface area (Å²) in [6, 6.07) is 18.0. The minimum absolute atomic E-state index is 0.117. The van der Waals surface area contributed by atoms with Crippen LogP contribution in [0.25, 0.3) is 0 Å². The predicted octanol–water partition coefficient (Wildman–Crippen LogP) is 5.14. The first-order chi connectivity index (χ1) is 16.9. The fourth-order valence-electron chi connectivity index (χ4n) is 4.65. The molecule has 1 atom stereocenters. The molecule has 1 saturated carbocycles. The molecular formula is C29H32N2O4.